The molecule has 0 aromatic heterocycles. The lowest BCUT2D eigenvalue weighted by Crippen LogP contribution is -2.47. The molecule has 0 aromatic carbocycles. The van der Waals surface area contributed by atoms with E-state index in [1.165, 1.54) is 12.8 Å². The lowest BCUT2D eigenvalue weighted by atomic mass is 9.93. The second kappa shape index (κ2) is 2.89. The highest BCUT2D eigenvalue weighted by atomic mass is 16.5. The number of hydrogen-bond acceptors (Lipinski definition) is 2. The van der Waals surface area contributed by atoms with Crippen LogP contribution in [0.4, 0.5) is 0 Å². The van der Waals surface area contributed by atoms with Crippen LogP contribution in [-0.2, 0) is 4.74 Å². The maximum atomic E-state index is 5.89. The van der Waals surface area contributed by atoms with Crippen LogP contribution in [0.2, 0.25) is 0 Å². The molecule has 1 saturated heterocycles. The van der Waals surface area contributed by atoms with Crippen molar-refractivity contribution in [3.05, 3.63) is 0 Å². The quantitative estimate of drug-likeness (QED) is 0.600. The summed E-state index contributed by atoms with van der Waals surface area (Å²) in [5.41, 5.74) is 5.73. The molecule has 0 amide bonds. The van der Waals surface area contributed by atoms with Gasteiger partial charge >= 0.3 is 0 Å². The minimum atomic E-state index is -0.152. The molecule has 60 valence electrons. The van der Waals surface area contributed by atoms with Gasteiger partial charge in [0.15, 0.2) is 0 Å². The van der Waals surface area contributed by atoms with Gasteiger partial charge in [-0.1, -0.05) is 0 Å². The Morgan fingerprint density at radius 1 is 1.40 bits per heavy atom. The summed E-state index contributed by atoms with van der Waals surface area (Å²) in [7, 11) is 0. The summed E-state index contributed by atoms with van der Waals surface area (Å²) in [5, 5.41) is 0. The van der Waals surface area contributed by atoms with Gasteiger partial charge in [0.05, 0.1) is 6.10 Å². The molecule has 0 radical (unpaired) electrons. The van der Waals surface area contributed by atoms with E-state index in [0.717, 1.165) is 13.0 Å². The Morgan fingerprint density at radius 3 is 2.40 bits per heavy atom. The molecule has 1 fully saturated rings. The topological polar surface area (TPSA) is 35.2 Å². The summed E-state index contributed by atoms with van der Waals surface area (Å²) < 4.78 is 5.52. The van der Waals surface area contributed by atoms with Gasteiger partial charge in [-0.15, -0.1) is 0 Å². The van der Waals surface area contributed by atoms with Gasteiger partial charge in [-0.3, -0.25) is 0 Å². The van der Waals surface area contributed by atoms with E-state index < -0.39 is 0 Å². The number of hydrogen-bond donors (Lipinski definition) is 1. The van der Waals surface area contributed by atoms with E-state index in [0.29, 0.717) is 0 Å². The zero-order chi connectivity index (χ0) is 7.61. The fourth-order valence-corrected chi connectivity index (χ4v) is 1.33. The molecule has 0 saturated carbocycles. The van der Waals surface area contributed by atoms with Crippen LogP contribution in [-0.4, -0.2) is 18.2 Å². The van der Waals surface area contributed by atoms with Crippen LogP contribution in [0.1, 0.15) is 33.1 Å². The third kappa shape index (κ3) is 1.96. The van der Waals surface area contributed by atoms with Gasteiger partial charge in [-0.05, 0) is 33.1 Å². The van der Waals surface area contributed by atoms with Crippen molar-refractivity contribution < 1.29 is 4.74 Å². The van der Waals surface area contributed by atoms with E-state index >= 15 is 0 Å². The molecule has 2 nitrogen and oxygen atoms in total. The number of nitrogens with two attached hydrogens (primary N) is 1. The monoisotopic (exact) mass is 143 g/mol. The molecular weight excluding hydrogens is 126 g/mol. The minimum absolute atomic E-state index is 0.152. The average Bonchev–Trinajstić information content (AvgIpc) is 1.88. The van der Waals surface area contributed by atoms with E-state index in [4.69, 9.17) is 10.5 Å². The average molecular weight is 143 g/mol. The van der Waals surface area contributed by atoms with Crippen LogP contribution < -0.4 is 5.73 Å². The van der Waals surface area contributed by atoms with E-state index in [9.17, 15) is 0 Å². The van der Waals surface area contributed by atoms with Crippen molar-refractivity contribution in [1.29, 1.82) is 0 Å². The van der Waals surface area contributed by atoms with Gasteiger partial charge in [0, 0.05) is 12.1 Å². The molecule has 1 unspecified atom stereocenters. The van der Waals surface area contributed by atoms with Gasteiger partial charge in [0.2, 0.25) is 0 Å². The number of ether oxygens (including phenoxy) is 1. The Labute approximate surface area is 62.7 Å². The molecular formula is C8H17NO. The zero-order valence-corrected chi connectivity index (χ0v) is 6.89. The first-order valence-corrected chi connectivity index (χ1v) is 4.01. The summed E-state index contributed by atoms with van der Waals surface area (Å²) in [6.45, 7) is 4.96. The molecule has 0 bridgehead atoms. The molecule has 1 aliphatic heterocycles. The minimum Gasteiger partial charge on any atom is -0.376 e. The molecule has 1 rings (SSSR count). The Bertz CT molecular complexity index is 100. The Kier molecular flexibility index (Phi) is 2.32. The van der Waals surface area contributed by atoms with Crippen molar-refractivity contribution in [1.82, 2.24) is 0 Å². The van der Waals surface area contributed by atoms with Gasteiger partial charge in [-0.2, -0.15) is 0 Å². The zero-order valence-electron chi connectivity index (χ0n) is 6.89. The summed E-state index contributed by atoms with van der Waals surface area (Å²) >= 11 is 0. The number of rotatable bonds is 1. The smallest absolute Gasteiger partial charge is 0.0749 e. The molecule has 1 aliphatic rings. The second-order valence-electron chi connectivity index (χ2n) is 3.68. The molecule has 0 aliphatic carbocycles. The lowest BCUT2D eigenvalue weighted by Gasteiger charge is -2.33. The maximum absolute atomic E-state index is 5.89. The highest BCUT2D eigenvalue weighted by molar-refractivity contribution is 4.84. The molecule has 10 heavy (non-hydrogen) atoms. The summed E-state index contributed by atoms with van der Waals surface area (Å²) in [4.78, 5) is 0. The van der Waals surface area contributed by atoms with Crippen LogP contribution in [0, 0.1) is 0 Å². The Balaban J connectivity index is 2.39. The summed E-state index contributed by atoms with van der Waals surface area (Å²) in [6, 6.07) is 0. The molecule has 0 aromatic rings. The predicted molar refractivity (Wildman–Crippen MR) is 41.9 cm³/mol. The highest BCUT2D eigenvalue weighted by Gasteiger charge is 2.27. The molecule has 0 spiro atoms. The Hall–Kier alpha value is -0.0800. The van der Waals surface area contributed by atoms with Crippen LogP contribution in [0.3, 0.4) is 0 Å². The second-order valence-corrected chi connectivity index (χ2v) is 3.68. The van der Waals surface area contributed by atoms with Gasteiger partial charge in [0.25, 0.3) is 0 Å². The van der Waals surface area contributed by atoms with Crippen LogP contribution in [0.25, 0.3) is 0 Å². The normalized spacial score (nSPS) is 28.5. The third-order valence-electron chi connectivity index (χ3n) is 2.01. The van der Waals surface area contributed by atoms with E-state index in [1.807, 2.05) is 13.8 Å². The van der Waals surface area contributed by atoms with Crippen molar-refractivity contribution in [3.8, 4) is 0 Å². The SMILES string of the molecule is CC(C)(N)C1CCCCO1. The standard InChI is InChI=1S/C8H17NO/c1-8(2,9)7-5-3-4-6-10-7/h7H,3-6,9H2,1-2H3. The first-order chi connectivity index (χ1) is 4.61. The molecule has 2 heteroatoms. The van der Waals surface area contributed by atoms with Crippen LogP contribution >= 0.6 is 0 Å². The van der Waals surface area contributed by atoms with Crippen LogP contribution in [0.15, 0.2) is 0 Å². The lowest BCUT2D eigenvalue weighted by molar-refractivity contribution is -0.0223. The van der Waals surface area contributed by atoms with Crippen molar-refractivity contribution in [3.63, 3.8) is 0 Å². The van der Waals surface area contributed by atoms with E-state index in [-0.39, 0.29) is 11.6 Å². The Morgan fingerprint density at radius 2 is 2.10 bits per heavy atom. The summed E-state index contributed by atoms with van der Waals surface area (Å²) in [6.07, 6.45) is 3.88. The van der Waals surface area contributed by atoms with Crippen molar-refractivity contribution in [2.24, 2.45) is 5.73 Å². The predicted octanol–water partition coefficient (Wildman–Crippen LogP) is 1.29. The van der Waals surface area contributed by atoms with Crippen molar-refractivity contribution in [2.45, 2.75) is 44.8 Å². The van der Waals surface area contributed by atoms with Crippen molar-refractivity contribution >= 4 is 0 Å². The van der Waals surface area contributed by atoms with Crippen LogP contribution in [0.5, 0.6) is 0 Å². The summed E-state index contributed by atoms with van der Waals surface area (Å²) in [5.74, 6) is 0. The highest BCUT2D eigenvalue weighted by Crippen LogP contribution is 2.20. The fraction of sp³-hybridized carbons (Fsp3) is 1.00. The largest absolute Gasteiger partial charge is 0.376 e. The molecule has 1 atom stereocenters. The van der Waals surface area contributed by atoms with E-state index in [1.54, 1.807) is 0 Å². The van der Waals surface area contributed by atoms with E-state index in [2.05, 4.69) is 0 Å². The van der Waals surface area contributed by atoms with Crippen molar-refractivity contribution in [2.75, 3.05) is 6.61 Å². The molecule has 2 N–H and O–H groups in total. The van der Waals surface area contributed by atoms with Gasteiger partial charge in [0.1, 0.15) is 0 Å². The maximum Gasteiger partial charge on any atom is 0.0749 e. The molecule has 1 heterocycles. The fourth-order valence-electron chi connectivity index (χ4n) is 1.33. The van der Waals surface area contributed by atoms with Gasteiger partial charge in [-0.25, -0.2) is 0 Å². The third-order valence-corrected chi connectivity index (χ3v) is 2.01. The first-order valence-electron chi connectivity index (χ1n) is 4.01. The first kappa shape index (κ1) is 8.02. The van der Waals surface area contributed by atoms with Gasteiger partial charge < -0.3 is 10.5 Å².